The Hall–Kier alpha value is -2.04. The van der Waals surface area contributed by atoms with Crippen LogP contribution < -0.4 is 5.73 Å². The fourth-order valence-corrected chi connectivity index (χ4v) is 4.01. The van der Waals surface area contributed by atoms with E-state index in [9.17, 15) is 23.3 Å². The van der Waals surface area contributed by atoms with E-state index in [0.29, 0.717) is 0 Å². The first-order valence-corrected chi connectivity index (χ1v) is 9.37. The van der Waals surface area contributed by atoms with Crippen molar-refractivity contribution in [2.24, 2.45) is 11.7 Å². The Morgan fingerprint density at radius 3 is 2.36 bits per heavy atom. The van der Waals surface area contributed by atoms with Crippen LogP contribution in [0.4, 0.5) is 5.69 Å². The molecule has 0 saturated carbocycles. The monoisotopic (exact) mass is 370 g/mol. The van der Waals surface area contributed by atoms with Gasteiger partial charge in [0.05, 0.1) is 15.9 Å². The molecule has 1 heterocycles. The number of nitrogens with zero attached hydrogens (tertiary/aromatic N) is 3. The second kappa shape index (κ2) is 7.46. The maximum Gasteiger partial charge on any atom is 0.270 e. The molecule has 1 aliphatic rings. The zero-order chi connectivity index (χ0) is 18.8. The summed E-state index contributed by atoms with van der Waals surface area (Å²) in [5.74, 6) is -0.193. The van der Waals surface area contributed by atoms with Crippen molar-refractivity contribution in [1.82, 2.24) is 9.21 Å². The lowest BCUT2D eigenvalue weighted by molar-refractivity contribution is -0.385. The van der Waals surface area contributed by atoms with Crippen LogP contribution in [0.3, 0.4) is 0 Å². The van der Waals surface area contributed by atoms with Crippen molar-refractivity contribution in [3.63, 3.8) is 0 Å². The number of sulfonamides is 1. The standard InChI is InChI=1S/C15H22N4O5S/c1-11(2)14(16)15(20)17-6-8-18(9-7-17)25(23,24)13-5-3-4-12(10-13)19(21)22/h3-5,10-11,14H,6-9,16H2,1-2H3/t14-/m0/s1. The number of carbonyl (C=O) groups is 1. The molecular weight excluding hydrogens is 348 g/mol. The summed E-state index contributed by atoms with van der Waals surface area (Å²) < 4.78 is 26.5. The molecule has 0 spiro atoms. The van der Waals surface area contributed by atoms with Crippen molar-refractivity contribution in [3.05, 3.63) is 34.4 Å². The number of piperazine rings is 1. The molecule has 2 rings (SSSR count). The number of amides is 1. The summed E-state index contributed by atoms with van der Waals surface area (Å²) in [6.07, 6.45) is 0. The Balaban J connectivity index is 2.10. The van der Waals surface area contributed by atoms with Gasteiger partial charge in [0.2, 0.25) is 15.9 Å². The fourth-order valence-electron chi connectivity index (χ4n) is 2.55. The number of non-ortho nitro benzene ring substituents is 1. The molecule has 2 N–H and O–H groups in total. The minimum Gasteiger partial charge on any atom is -0.339 e. The maximum absolute atomic E-state index is 12.7. The van der Waals surface area contributed by atoms with Gasteiger partial charge >= 0.3 is 0 Å². The predicted octanol–water partition coefficient (Wildman–Crippen LogP) is 0.411. The van der Waals surface area contributed by atoms with Gasteiger partial charge in [-0.25, -0.2) is 8.42 Å². The molecule has 9 nitrogen and oxygen atoms in total. The molecule has 0 aromatic heterocycles. The van der Waals surface area contributed by atoms with E-state index in [2.05, 4.69) is 0 Å². The molecule has 1 aromatic carbocycles. The van der Waals surface area contributed by atoms with Crippen molar-refractivity contribution in [2.45, 2.75) is 24.8 Å². The second-order valence-electron chi connectivity index (χ2n) is 6.25. The van der Waals surface area contributed by atoms with Gasteiger partial charge < -0.3 is 10.6 Å². The van der Waals surface area contributed by atoms with E-state index in [1.54, 1.807) is 4.90 Å². The minimum atomic E-state index is -3.84. The van der Waals surface area contributed by atoms with Gasteiger partial charge in [0.1, 0.15) is 0 Å². The average Bonchev–Trinajstić information content (AvgIpc) is 2.60. The normalized spacial score (nSPS) is 17.5. The summed E-state index contributed by atoms with van der Waals surface area (Å²) in [6, 6.07) is 4.34. The van der Waals surface area contributed by atoms with E-state index in [1.165, 1.54) is 22.5 Å². The summed E-state index contributed by atoms with van der Waals surface area (Å²) in [7, 11) is -3.84. The first kappa shape index (κ1) is 19.3. The number of carbonyl (C=O) groups excluding carboxylic acids is 1. The van der Waals surface area contributed by atoms with Crippen LogP contribution in [0.5, 0.6) is 0 Å². The van der Waals surface area contributed by atoms with E-state index >= 15 is 0 Å². The number of hydrogen-bond donors (Lipinski definition) is 1. The van der Waals surface area contributed by atoms with Crippen molar-refractivity contribution in [2.75, 3.05) is 26.2 Å². The van der Waals surface area contributed by atoms with Crippen molar-refractivity contribution >= 4 is 21.6 Å². The fraction of sp³-hybridized carbons (Fsp3) is 0.533. The number of nitro benzene ring substituents is 1. The summed E-state index contributed by atoms with van der Waals surface area (Å²) in [5, 5.41) is 10.8. The van der Waals surface area contributed by atoms with Gasteiger partial charge in [-0.2, -0.15) is 4.31 Å². The van der Waals surface area contributed by atoms with Crippen LogP contribution in [0.25, 0.3) is 0 Å². The lowest BCUT2D eigenvalue weighted by atomic mass is 10.0. The van der Waals surface area contributed by atoms with Crippen molar-refractivity contribution in [1.29, 1.82) is 0 Å². The molecule has 1 aromatic rings. The molecule has 25 heavy (non-hydrogen) atoms. The van der Waals surface area contributed by atoms with Gasteiger partial charge in [0.15, 0.2) is 0 Å². The summed E-state index contributed by atoms with van der Waals surface area (Å²) in [6.45, 7) is 4.45. The third-order valence-corrected chi connectivity index (χ3v) is 6.11. The topological polar surface area (TPSA) is 127 Å². The average molecular weight is 370 g/mol. The number of hydrogen-bond acceptors (Lipinski definition) is 6. The van der Waals surface area contributed by atoms with Gasteiger partial charge in [0, 0.05) is 38.3 Å². The highest BCUT2D eigenvalue weighted by molar-refractivity contribution is 7.89. The van der Waals surface area contributed by atoms with E-state index in [4.69, 9.17) is 5.73 Å². The van der Waals surface area contributed by atoms with Crippen LogP contribution in [-0.2, 0) is 14.8 Å². The number of benzene rings is 1. The van der Waals surface area contributed by atoms with Crippen LogP contribution in [0, 0.1) is 16.0 Å². The molecule has 0 radical (unpaired) electrons. The Morgan fingerprint density at radius 1 is 1.24 bits per heavy atom. The predicted molar refractivity (Wildman–Crippen MR) is 91.2 cm³/mol. The third-order valence-electron chi connectivity index (χ3n) is 4.22. The van der Waals surface area contributed by atoms with Crippen LogP contribution in [0.2, 0.25) is 0 Å². The third kappa shape index (κ3) is 4.14. The Labute approximate surface area is 146 Å². The van der Waals surface area contributed by atoms with E-state index < -0.39 is 21.0 Å². The van der Waals surface area contributed by atoms with Crippen LogP contribution in [-0.4, -0.2) is 60.7 Å². The van der Waals surface area contributed by atoms with Crippen LogP contribution in [0.15, 0.2) is 29.2 Å². The van der Waals surface area contributed by atoms with E-state index in [1.807, 2.05) is 13.8 Å². The lowest BCUT2D eigenvalue weighted by Crippen LogP contribution is -2.55. The zero-order valence-electron chi connectivity index (χ0n) is 14.2. The van der Waals surface area contributed by atoms with Crippen LogP contribution in [0.1, 0.15) is 13.8 Å². The molecule has 0 bridgehead atoms. The van der Waals surface area contributed by atoms with E-state index in [-0.39, 0.29) is 48.6 Å². The largest absolute Gasteiger partial charge is 0.339 e. The highest BCUT2D eigenvalue weighted by Gasteiger charge is 2.32. The summed E-state index contributed by atoms with van der Waals surface area (Å²) >= 11 is 0. The van der Waals surface area contributed by atoms with Gasteiger partial charge in [-0.05, 0) is 12.0 Å². The first-order chi connectivity index (χ1) is 11.6. The maximum atomic E-state index is 12.7. The van der Waals surface area contributed by atoms with Crippen molar-refractivity contribution < 1.29 is 18.1 Å². The van der Waals surface area contributed by atoms with Gasteiger partial charge in [0.25, 0.3) is 5.69 Å². The van der Waals surface area contributed by atoms with Gasteiger partial charge in [-0.3, -0.25) is 14.9 Å². The highest BCUT2D eigenvalue weighted by Crippen LogP contribution is 2.22. The van der Waals surface area contributed by atoms with Gasteiger partial charge in [-0.1, -0.05) is 19.9 Å². The molecule has 0 unspecified atom stereocenters. The second-order valence-corrected chi connectivity index (χ2v) is 8.19. The van der Waals surface area contributed by atoms with Gasteiger partial charge in [-0.15, -0.1) is 0 Å². The SMILES string of the molecule is CC(C)[C@H](N)C(=O)N1CCN(S(=O)(=O)c2cccc([N+](=O)[O-])c2)CC1. The highest BCUT2D eigenvalue weighted by atomic mass is 32.2. The zero-order valence-corrected chi connectivity index (χ0v) is 15.0. The Bertz CT molecular complexity index is 757. The molecule has 0 aliphatic carbocycles. The molecular formula is C15H22N4O5S. The molecule has 1 aliphatic heterocycles. The Morgan fingerprint density at radius 2 is 1.84 bits per heavy atom. The molecule has 1 saturated heterocycles. The molecule has 10 heteroatoms. The number of rotatable bonds is 5. The quantitative estimate of drug-likeness (QED) is 0.591. The number of nitro groups is 1. The van der Waals surface area contributed by atoms with E-state index in [0.717, 1.165) is 6.07 Å². The van der Waals surface area contributed by atoms with Crippen LogP contribution >= 0.6 is 0 Å². The number of nitrogens with two attached hydrogens (primary N) is 1. The molecule has 1 atom stereocenters. The molecule has 138 valence electrons. The first-order valence-electron chi connectivity index (χ1n) is 7.93. The summed E-state index contributed by atoms with van der Waals surface area (Å²) in [5.41, 5.74) is 5.58. The smallest absolute Gasteiger partial charge is 0.270 e. The lowest BCUT2D eigenvalue weighted by Gasteiger charge is -2.35. The molecule has 1 amide bonds. The minimum absolute atomic E-state index is 0.000805. The summed E-state index contributed by atoms with van der Waals surface area (Å²) in [4.78, 5) is 23.9. The molecule has 1 fully saturated rings. The Kier molecular flexibility index (Phi) is 5.76. The van der Waals surface area contributed by atoms with Crippen molar-refractivity contribution in [3.8, 4) is 0 Å².